The second-order valence-corrected chi connectivity index (χ2v) is 5.57. The van der Waals surface area contributed by atoms with Gasteiger partial charge in [-0.25, -0.2) is 0 Å². The summed E-state index contributed by atoms with van der Waals surface area (Å²) >= 11 is 0. The van der Waals surface area contributed by atoms with Crippen molar-refractivity contribution in [3.8, 4) is 0 Å². The molecule has 1 spiro atoms. The molecule has 0 aromatic carbocycles. The minimum Gasteiger partial charge on any atom is -0.394 e. The monoisotopic (exact) mass is 251 g/mol. The van der Waals surface area contributed by atoms with Crippen molar-refractivity contribution in [1.29, 1.82) is 0 Å². The van der Waals surface area contributed by atoms with Crippen molar-refractivity contribution in [2.24, 2.45) is 0 Å². The zero-order valence-electron chi connectivity index (χ0n) is 11.0. The van der Waals surface area contributed by atoms with E-state index in [1.54, 1.807) is 0 Å². The number of aromatic nitrogens is 2. The lowest BCUT2D eigenvalue weighted by molar-refractivity contribution is -0.123. The van der Waals surface area contributed by atoms with E-state index in [-0.39, 0.29) is 18.2 Å². The Morgan fingerprint density at radius 1 is 1.67 bits per heavy atom. The molecule has 1 aromatic rings. The fourth-order valence-electron chi connectivity index (χ4n) is 3.35. The van der Waals surface area contributed by atoms with Crippen molar-refractivity contribution >= 4 is 0 Å². The van der Waals surface area contributed by atoms with Crippen molar-refractivity contribution in [1.82, 2.24) is 15.1 Å². The minimum absolute atomic E-state index is 0.0375. The number of nitrogens with one attached hydrogen (secondary N) is 1. The molecule has 3 rings (SSSR count). The molecule has 1 aromatic heterocycles. The molecule has 0 amide bonds. The predicted octanol–water partition coefficient (Wildman–Crippen LogP) is 0.722. The maximum Gasteiger partial charge on any atom is 0.113 e. The zero-order chi connectivity index (χ0) is 12.8. The third-order valence-corrected chi connectivity index (χ3v) is 4.18. The second-order valence-electron chi connectivity index (χ2n) is 5.57. The van der Waals surface area contributed by atoms with Crippen LogP contribution in [0.3, 0.4) is 0 Å². The van der Waals surface area contributed by atoms with Gasteiger partial charge in [-0.05, 0) is 38.8 Å². The van der Waals surface area contributed by atoms with Gasteiger partial charge in [-0.15, -0.1) is 0 Å². The van der Waals surface area contributed by atoms with Crippen LogP contribution in [-0.4, -0.2) is 40.7 Å². The third kappa shape index (κ3) is 1.69. The van der Waals surface area contributed by atoms with Gasteiger partial charge in [-0.3, -0.25) is 4.68 Å². The van der Waals surface area contributed by atoms with Crippen LogP contribution in [-0.2, 0) is 10.3 Å². The van der Waals surface area contributed by atoms with Crippen LogP contribution in [0, 0.1) is 6.92 Å². The van der Waals surface area contributed by atoms with Crippen LogP contribution in [0.5, 0.6) is 0 Å². The fourth-order valence-corrected chi connectivity index (χ4v) is 3.35. The lowest BCUT2D eigenvalue weighted by Gasteiger charge is -2.45. The molecule has 0 aliphatic carbocycles. The molecule has 5 heteroatoms. The molecule has 1 fully saturated rings. The van der Waals surface area contributed by atoms with E-state index in [2.05, 4.69) is 24.3 Å². The van der Waals surface area contributed by atoms with E-state index in [1.807, 2.05) is 10.9 Å². The van der Waals surface area contributed by atoms with E-state index in [0.29, 0.717) is 12.6 Å². The van der Waals surface area contributed by atoms with E-state index in [0.717, 1.165) is 19.4 Å². The van der Waals surface area contributed by atoms with Crippen molar-refractivity contribution in [3.05, 3.63) is 17.5 Å². The Morgan fingerprint density at radius 3 is 3.22 bits per heavy atom. The number of ether oxygens (including phenoxy) is 1. The van der Waals surface area contributed by atoms with Gasteiger partial charge in [0.05, 0.1) is 31.1 Å². The molecule has 2 N–H and O–H groups in total. The Bertz CT molecular complexity index is 445. The van der Waals surface area contributed by atoms with Gasteiger partial charge in [0.2, 0.25) is 0 Å². The highest BCUT2D eigenvalue weighted by Gasteiger charge is 2.45. The first-order valence-electron chi connectivity index (χ1n) is 6.69. The number of rotatable bonds is 1. The van der Waals surface area contributed by atoms with E-state index >= 15 is 0 Å². The van der Waals surface area contributed by atoms with E-state index < -0.39 is 0 Å². The van der Waals surface area contributed by atoms with Crippen molar-refractivity contribution in [2.45, 2.75) is 44.4 Å². The number of aliphatic hydroxyl groups excluding tert-OH is 1. The third-order valence-electron chi connectivity index (χ3n) is 4.18. The molecule has 3 heterocycles. The van der Waals surface area contributed by atoms with Crippen molar-refractivity contribution in [2.75, 3.05) is 19.8 Å². The average Bonchev–Trinajstić information content (AvgIpc) is 2.74. The average molecular weight is 251 g/mol. The Labute approximate surface area is 107 Å². The van der Waals surface area contributed by atoms with E-state index in [4.69, 9.17) is 4.74 Å². The highest BCUT2D eigenvalue weighted by atomic mass is 16.5. The summed E-state index contributed by atoms with van der Waals surface area (Å²) < 4.78 is 8.17. The van der Waals surface area contributed by atoms with Crippen molar-refractivity contribution < 1.29 is 9.84 Å². The molecule has 0 radical (unpaired) electrons. The van der Waals surface area contributed by atoms with E-state index in [1.165, 1.54) is 11.3 Å². The largest absolute Gasteiger partial charge is 0.394 e. The molecular formula is C13H21N3O2. The number of aliphatic hydroxyl groups is 1. The van der Waals surface area contributed by atoms with Gasteiger partial charge in [0, 0.05) is 6.04 Å². The summed E-state index contributed by atoms with van der Waals surface area (Å²) in [6, 6.07) is 0.414. The molecule has 2 aliphatic heterocycles. The maximum absolute atomic E-state index is 9.43. The fraction of sp³-hybridized carbons (Fsp3) is 0.769. The molecule has 1 saturated heterocycles. The standard InChI is InChI=1S/C13H21N3O2/c1-9-6-15-16-11(7-17)8-18-13(12(9)16)3-4-14-10(2)5-13/h6,10-11,14,17H,3-5,7-8H2,1-2H3/t10-,11?,13-/m1/s1. The maximum atomic E-state index is 9.43. The Hall–Kier alpha value is -0.910. The quantitative estimate of drug-likeness (QED) is 0.772. The number of fused-ring (bicyclic) bond motifs is 2. The molecule has 2 aliphatic rings. The summed E-state index contributed by atoms with van der Waals surface area (Å²) in [6.45, 7) is 5.87. The van der Waals surface area contributed by atoms with Crippen LogP contribution < -0.4 is 5.32 Å². The molecule has 3 atom stereocenters. The number of hydrogen-bond acceptors (Lipinski definition) is 4. The number of nitrogens with zero attached hydrogens (tertiary/aromatic N) is 2. The molecule has 1 unspecified atom stereocenters. The number of piperidine rings is 1. The van der Waals surface area contributed by atoms with Crippen LogP contribution in [0.25, 0.3) is 0 Å². The summed E-state index contributed by atoms with van der Waals surface area (Å²) in [5.41, 5.74) is 2.13. The van der Waals surface area contributed by atoms with Crippen LogP contribution in [0.4, 0.5) is 0 Å². The zero-order valence-corrected chi connectivity index (χ0v) is 11.0. The molecule has 0 saturated carbocycles. The van der Waals surface area contributed by atoms with Gasteiger partial charge in [0.25, 0.3) is 0 Å². The Balaban J connectivity index is 2.05. The van der Waals surface area contributed by atoms with Gasteiger partial charge >= 0.3 is 0 Å². The van der Waals surface area contributed by atoms with Crippen LogP contribution in [0.2, 0.25) is 0 Å². The SMILES string of the molecule is Cc1cnn2c1[C@]1(CCN[C@H](C)C1)OCC2CO. The summed E-state index contributed by atoms with van der Waals surface area (Å²) in [6.07, 6.45) is 3.83. The molecule has 100 valence electrons. The molecule has 18 heavy (non-hydrogen) atoms. The summed E-state index contributed by atoms with van der Waals surface area (Å²) in [4.78, 5) is 0. The van der Waals surface area contributed by atoms with Crippen LogP contribution in [0.1, 0.15) is 37.1 Å². The number of hydrogen-bond donors (Lipinski definition) is 2. The smallest absolute Gasteiger partial charge is 0.113 e. The second kappa shape index (κ2) is 4.33. The Kier molecular flexibility index (Phi) is 2.92. The first kappa shape index (κ1) is 12.1. The first-order valence-corrected chi connectivity index (χ1v) is 6.69. The lowest BCUT2D eigenvalue weighted by atomic mass is 9.82. The van der Waals surface area contributed by atoms with Crippen LogP contribution >= 0.6 is 0 Å². The summed E-state index contributed by atoms with van der Waals surface area (Å²) in [5.74, 6) is 0. The van der Waals surface area contributed by atoms with Gasteiger partial charge in [-0.1, -0.05) is 0 Å². The molecule has 0 bridgehead atoms. The minimum atomic E-state index is -0.211. The van der Waals surface area contributed by atoms with Crippen LogP contribution in [0.15, 0.2) is 6.20 Å². The van der Waals surface area contributed by atoms with Gasteiger partial charge in [0.15, 0.2) is 0 Å². The first-order chi connectivity index (χ1) is 8.66. The highest BCUT2D eigenvalue weighted by Crippen LogP contribution is 2.42. The van der Waals surface area contributed by atoms with Crippen molar-refractivity contribution in [3.63, 3.8) is 0 Å². The lowest BCUT2D eigenvalue weighted by Crippen LogP contribution is -2.51. The molecule has 5 nitrogen and oxygen atoms in total. The highest BCUT2D eigenvalue weighted by molar-refractivity contribution is 5.26. The van der Waals surface area contributed by atoms with Gasteiger partial charge in [-0.2, -0.15) is 5.10 Å². The topological polar surface area (TPSA) is 59.3 Å². The normalized spacial score (nSPS) is 35.7. The number of aryl methyl sites for hydroxylation is 1. The van der Waals surface area contributed by atoms with E-state index in [9.17, 15) is 5.11 Å². The summed E-state index contributed by atoms with van der Waals surface area (Å²) in [7, 11) is 0. The predicted molar refractivity (Wildman–Crippen MR) is 67.4 cm³/mol. The molecular weight excluding hydrogens is 230 g/mol. The van der Waals surface area contributed by atoms with Gasteiger partial charge in [0.1, 0.15) is 5.60 Å². The Morgan fingerprint density at radius 2 is 2.50 bits per heavy atom. The van der Waals surface area contributed by atoms with Gasteiger partial charge < -0.3 is 15.2 Å². The summed E-state index contributed by atoms with van der Waals surface area (Å²) in [5, 5.41) is 17.3.